The van der Waals surface area contributed by atoms with Gasteiger partial charge in [0.2, 0.25) is 0 Å². The lowest BCUT2D eigenvalue weighted by atomic mass is 10.1. The smallest absolute Gasteiger partial charge is 0.272 e. The number of nitrogens with one attached hydrogen (secondary N) is 1. The molecule has 0 aliphatic rings. The van der Waals surface area contributed by atoms with Gasteiger partial charge in [-0.2, -0.15) is 5.10 Å². The normalized spacial score (nSPS) is 10.9. The lowest BCUT2D eigenvalue weighted by Crippen LogP contribution is -2.03. The van der Waals surface area contributed by atoms with Crippen LogP contribution in [-0.4, -0.2) is 14.7 Å². The molecule has 112 valence electrons. The number of hydrogen-bond donors (Lipinski definition) is 1. The largest absolute Gasteiger partial charge is 0.336 e. The summed E-state index contributed by atoms with van der Waals surface area (Å²) in [5.74, 6) is 0.408. The minimum absolute atomic E-state index is 0.162. The van der Waals surface area contributed by atoms with Crippen LogP contribution in [0, 0.1) is 21.8 Å². The Morgan fingerprint density at radius 2 is 2.19 bits per heavy atom. The van der Waals surface area contributed by atoms with Crippen molar-refractivity contribution in [3.05, 3.63) is 46.4 Å². The summed E-state index contributed by atoms with van der Waals surface area (Å²) in [6, 6.07) is 5.21. The van der Waals surface area contributed by atoms with E-state index in [2.05, 4.69) is 24.3 Å². The van der Waals surface area contributed by atoms with Gasteiger partial charge in [-0.15, -0.1) is 0 Å². The van der Waals surface area contributed by atoms with Gasteiger partial charge in [0.25, 0.3) is 5.69 Å². The predicted molar refractivity (Wildman–Crippen MR) is 78.0 cm³/mol. The Morgan fingerprint density at radius 1 is 1.43 bits per heavy atom. The highest BCUT2D eigenvalue weighted by Gasteiger charge is 2.11. The fourth-order valence-corrected chi connectivity index (χ4v) is 1.80. The number of anilines is 2. The van der Waals surface area contributed by atoms with Crippen LogP contribution in [-0.2, 0) is 6.54 Å². The third-order valence-electron chi connectivity index (χ3n) is 3.00. The molecule has 0 amide bonds. The molecule has 0 spiro atoms. The summed E-state index contributed by atoms with van der Waals surface area (Å²) in [5.41, 5.74) is -0.116. The third kappa shape index (κ3) is 4.01. The van der Waals surface area contributed by atoms with E-state index >= 15 is 0 Å². The van der Waals surface area contributed by atoms with E-state index in [1.165, 1.54) is 12.1 Å². The van der Waals surface area contributed by atoms with Gasteiger partial charge < -0.3 is 5.32 Å². The van der Waals surface area contributed by atoms with Gasteiger partial charge >= 0.3 is 0 Å². The second-order valence-corrected chi connectivity index (χ2v) is 5.19. The lowest BCUT2D eigenvalue weighted by molar-refractivity contribution is -0.385. The second kappa shape index (κ2) is 6.34. The Balaban J connectivity index is 2.06. The molecular weight excluding hydrogens is 275 g/mol. The molecule has 0 aliphatic carbocycles. The molecule has 0 unspecified atom stereocenters. The fourth-order valence-electron chi connectivity index (χ4n) is 1.80. The fraction of sp³-hybridized carbons (Fsp3) is 0.357. The molecule has 1 aromatic carbocycles. The van der Waals surface area contributed by atoms with Crippen LogP contribution in [0.2, 0.25) is 0 Å². The van der Waals surface area contributed by atoms with E-state index in [1.807, 2.05) is 6.20 Å². The quantitative estimate of drug-likeness (QED) is 0.650. The molecule has 0 bridgehead atoms. The van der Waals surface area contributed by atoms with Crippen LogP contribution in [0.1, 0.15) is 20.3 Å². The van der Waals surface area contributed by atoms with Crippen LogP contribution < -0.4 is 5.32 Å². The minimum atomic E-state index is -0.680. The molecule has 1 heterocycles. The number of nitro benzene ring substituents is 1. The van der Waals surface area contributed by atoms with Crippen molar-refractivity contribution in [3.8, 4) is 0 Å². The summed E-state index contributed by atoms with van der Waals surface area (Å²) in [4.78, 5) is 9.92. The van der Waals surface area contributed by atoms with Crippen LogP contribution in [0.25, 0.3) is 0 Å². The van der Waals surface area contributed by atoms with E-state index in [1.54, 1.807) is 10.7 Å². The number of non-ortho nitro benzene ring substituents is 1. The summed E-state index contributed by atoms with van der Waals surface area (Å²) >= 11 is 0. The van der Waals surface area contributed by atoms with E-state index in [-0.39, 0.29) is 11.4 Å². The monoisotopic (exact) mass is 292 g/mol. The molecule has 2 aromatic rings. The maximum absolute atomic E-state index is 13.8. The van der Waals surface area contributed by atoms with Crippen LogP contribution in [0.3, 0.4) is 0 Å². The summed E-state index contributed by atoms with van der Waals surface area (Å²) in [7, 11) is 0. The number of hydrogen-bond acceptors (Lipinski definition) is 4. The van der Waals surface area contributed by atoms with Crippen molar-refractivity contribution < 1.29 is 9.31 Å². The maximum atomic E-state index is 13.8. The molecule has 0 radical (unpaired) electrons. The maximum Gasteiger partial charge on any atom is 0.272 e. The standard InChI is InChI=1S/C14H17FN4O2/c1-10(2)5-7-18-8-6-14(17-18)16-13-4-3-11(19(20)21)9-12(13)15/h3-4,6,8-10H,5,7H2,1-2H3,(H,16,17). The number of halogens is 1. The van der Waals surface area contributed by atoms with Gasteiger partial charge in [-0.1, -0.05) is 13.8 Å². The number of benzene rings is 1. The highest BCUT2D eigenvalue weighted by molar-refractivity contribution is 5.58. The lowest BCUT2D eigenvalue weighted by Gasteiger charge is -2.06. The molecule has 7 heteroatoms. The van der Waals surface area contributed by atoms with E-state index in [9.17, 15) is 14.5 Å². The van der Waals surface area contributed by atoms with Crippen molar-refractivity contribution in [2.75, 3.05) is 5.32 Å². The Bertz CT molecular complexity index is 640. The topological polar surface area (TPSA) is 73.0 Å². The van der Waals surface area contributed by atoms with E-state index < -0.39 is 10.7 Å². The number of aryl methyl sites for hydroxylation is 1. The van der Waals surface area contributed by atoms with Crippen molar-refractivity contribution in [1.82, 2.24) is 9.78 Å². The Labute approximate surface area is 121 Å². The second-order valence-electron chi connectivity index (χ2n) is 5.19. The molecule has 0 saturated carbocycles. The molecule has 1 N–H and O–H groups in total. The van der Waals surface area contributed by atoms with Crippen molar-refractivity contribution in [3.63, 3.8) is 0 Å². The molecule has 0 fully saturated rings. The molecule has 0 aliphatic heterocycles. The zero-order valence-corrected chi connectivity index (χ0v) is 11.9. The van der Waals surface area contributed by atoms with Crippen LogP contribution in [0.5, 0.6) is 0 Å². The average Bonchev–Trinajstić information content (AvgIpc) is 2.86. The Kier molecular flexibility index (Phi) is 4.52. The summed E-state index contributed by atoms with van der Waals surface area (Å²) in [5, 5.41) is 17.7. The van der Waals surface area contributed by atoms with Gasteiger partial charge in [0, 0.05) is 24.9 Å². The van der Waals surface area contributed by atoms with Gasteiger partial charge in [0.15, 0.2) is 11.6 Å². The number of nitro groups is 1. The first-order chi connectivity index (χ1) is 9.95. The van der Waals surface area contributed by atoms with Crippen molar-refractivity contribution >= 4 is 17.2 Å². The van der Waals surface area contributed by atoms with Gasteiger partial charge in [0.05, 0.1) is 16.7 Å². The predicted octanol–water partition coefficient (Wildman–Crippen LogP) is 3.72. The molecule has 2 rings (SSSR count). The Hall–Kier alpha value is -2.44. The first-order valence-corrected chi connectivity index (χ1v) is 6.70. The van der Waals surface area contributed by atoms with Gasteiger partial charge in [-0.25, -0.2) is 4.39 Å². The van der Waals surface area contributed by atoms with Gasteiger partial charge in [-0.05, 0) is 18.4 Å². The van der Waals surface area contributed by atoms with Crippen LogP contribution in [0.15, 0.2) is 30.5 Å². The molecule has 0 saturated heterocycles. The first kappa shape index (κ1) is 15.0. The number of rotatable bonds is 6. The SMILES string of the molecule is CC(C)CCn1ccc(Nc2ccc([N+](=O)[O-])cc2F)n1. The molecular formula is C14H17FN4O2. The van der Waals surface area contributed by atoms with Crippen molar-refractivity contribution in [2.24, 2.45) is 5.92 Å². The zero-order valence-electron chi connectivity index (χ0n) is 11.9. The molecule has 21 heavy (non-hydrogen) atoms. The molecule has 6 nitrogen and oxygen atoms in total. The molecule has 1 aromatic heterocycles. The highest BCUT2D eigenvalue weighted by atomic mass is 19.1. The highest BCUT2D eigenvalue weighted by Crippen LogP contribution is 2.23. The molecule has 0 atom stereocenters. The van der Waals surface area contributed by atoms with E-state index in [0.29, 0.717) is 11.7 Å². The average molecular weight is 292 g/mol. The van der Waals surface area contributed by atoms with Crippen molar-refractivity contribution in [2.45, 2.75) is 26.8 Å². The van der Waals surface area contributed by atoms with E-state index in [4.69, 9.17) is 0 Å². The third-order valence-corrected chi connectivity index (χ3v) is 3.00. The van der Waals surface area contributed by atoms with E-state index in [0.717, 1.165) is 19.0 Å². The summed E-state index contributed by atoms with van der Waals surface area (Å²) < 4.78 is 15.5. The van der Waals surface area contributed by atoms with Crippen LogP contribution >= 0.6 is 0 Å². The summed E-state index contributed by atoms with van der Waals surface area (Å²) in [6.45, 7) is 5.06. The summed E-state index contributed by atoms with van der Waals surface area (Å²) in [6.07, 6.45) is 2.82. The van der Waals surface area contributed by atoms with Gasteiger partial charge in [-0.3, -0.25) is 14.8 Å². The first-order valence-electron chi connectivity index (χ1n) is 6.70. The zero-order chi connectivity index (χ0) is 15.4. The van der Waals surface area contributed by atoms with Gasteiger partial charge in [0.1, 0.15) is 0 Å². The minimum Gasteiger partial charge on any atom is -0.336 e. The number of nitrogens with zero attached hydrogens (tertiary/aromatic N) is 3. The van der Waals surface area contributed by atoms with Crippen molar-refractivity contribution in [1.29, 1.82) is 0 Å². The Morgan fingerprint density at radius 3 is 2.81 bits per heavy atom. The van der Waals surface area contributed by atoms with Crippen LogP contribution in [0.4, 0.5) is 21.6 Å². The number of aromatic nitrogens is 2.